The van der Waals surface area contributed by atoms with Crippen molar-refractivity contribution in [2.75, 3.05) is 13.7 Å². The van der Waals surface area contributed by atoms with Gasteiger partial charge in [-0.05, 0) is 40.2 Å². The van der Waals surface area contributed by atoms with Crippen molar-refractivity contribution in [2.45, 2.75) is 52.2 Å². The molecule has 2 atom stereocenters. The number of ether oxygens (including phenoxy) is 2. The summed E-state index contributed by atoms with van der Waals surface area (Å²) < 4.78 is 10.2. The Morgan fingerprint density at radius 3 is 2.35 bits per heavy atom. The lowest BCUT2D eigenvalue weighted by atomic mass is 9.80. The highest BCUT2D eigenvalue weighted by atomic mass is 16.6. The molecule has 0 aliphatic carbocycles. The first-order chi connectivity index (χ1) is 15.8. The van der Waals surface area contributed by atoms with Crippen LogP contribution in [0.25, 0.3) is 0 Å². The van der Waals surface area contributed by atoms with Gasteiger partial charge in [0.05, 0.1) is 30.1 Å². The average Bonchev–Trinajstić information content (AvgIpc) is 2.75. The number of carbonyl (C=O) groups excluding carboxylic acids is 3. The first kappa shape index (κ1) is 26.5. The number of nitrogens with zero attached hydrogens (tertiary/aromatic N) is 1. The molecule has 0 fully saturated rings. The van der Waals surface area contributed by atoms with E-state index in [1.165, 1.54) is 25.3 Å². The fourth-order valence-corrected chi connectivity index (χ4v) is 3.61. The van der Waals surface area contributed by atoms with Crippen molar-refractivity contribution in [3.63, 3.8) is 0 Å². The number of aliphatic hydroxyl groups excluding tert-OH is 1. The third-order valence-electron chi connectivity index (χ3n) is 5.00. The number of non-ortho nitro benzene ring substituents is 1. The van der Waals surface area contributed by atoms with Gasteiger partial charge in [0.15, 0.2) is 6.04 Å². The number of rotatable bonds is 7. The maximum atomic E-state index is 13.4. The van der Waals surface area contributed by atoms with Gasteiger partial charge in [0.25, 0.3) is 11.6 Å². The molecule has 1 amide bonds. The van der Waals surface area contributed by atoms with Crippen molar-refractivity contribution >= 4 is 23.5 Å². The Kier molecular flexibility index (Phi) is 8.17. The Morgan fingerprint density at radius 1 is 1.21 bits per heavy atom. The summed E-state index contributed by atoms with van der Waals surface area (Å²) in [6.45, 7) is 7.43. The van der Waals surface area contributed by atoms with Crippen molar-refractivity contribution in [3.8, 4) is 0 Å². The minimum atomic E-state index is -1.37. The number of nitro groups is 1. The highest BCUT2D eigenvalue weighted by Gasteiger charge is 2.39. The second kappa shape index (κ2) is 10.5. The minimum Gasteiger partial charge on any atom is -0.466 e. The normalized spacial score (nSPS) is 17.0. The van der Waals surface area contributed by atoms with Crippen LogP contribution in [-0.4, -0.2) is 53.2 Å². The number of benzene rings is 1. The molecule has 0 spiro atoms. The van der Waals surface area contributed by atoms with Gasteiger partial charge in [-0.1, -0.05) is 12.1 Å². The maximum absolute atomic E-state index is 13.4. The molecule has 11 heteroatoms. The van der Waals surface area contributed by atoms with Crippen LogP contribution >= 0.6 is 0 Å². The first-order valence-corrected chi connectivity index (χ1v) is 10.5. The Bertz CT molecular complexity index is 1070. The van der Waals surface area contributed by atoms with Crippen molar-refractivity contribution in [1.29, 1.82) is 0 Å². The van der Waals surface area contributed by atoms with E-state index in [1.54, 1.807) is 40.7 Å². The van der Waals surface area contributed by atoms with Gasteiger partial charge >= 0.3 is 11.9 Å². The van der Waals surface area contributed by atoms with E-state index in [2.05, 4.69) is 10.6 Å². The number of methoxy groups -OCH3 is 1. The summed E-state index contributed by atoms with van der Waals surface area (Å²) in [5.41, 5.74) is 0.115. The Labute approximate surface area is 197 Å². The monoisotopic (exact) mass is 475 g/mol. The molecule has 0 radical (unpaired) electrons. The number of hydrogen-bond donors (Lipinski definition) is 3. The van der Waals surface area contributed by atoms with Crippen LogP contribution in [0.15, 0.2) is 46.8 Å². The molecule has 1 aromatic rings. The third kappa shape index (κ3) is 5.98. The van der Waals surface area contributed by atoms with E-state index in [-0.39, 0.29) is 16.8 Å². The number of esters is 2. The maximum Gasteiger partial charge on any atom is 0.336 e. The SMILES string of the molecule is COC(=O)C1=C(C)NC(C)=C(C(=O)NC(CO)C(=O)OC(C)(C)C)C1c1cccc([N+](=O)[O-])c1. The molecule has 3 N–H and O–H groups in total. The average molecular weight is 475 g/mol. The van der Waals surface area contributed by atoms with Gasteiger partial charge in [-0.2, -0.15) is 0 Å². The molecule has 1 aliphatic rings. The Balaban J connectivity index is 2.57. The van der Waals surface area contributed by atoms with Crippen molar-refractivity contribution in [3.05, 3.63) is 62.5 Å². The molecular weight excluding hydrogens is 446 g/mol. The Morgan fingerprint density at radius 2 is 1.82 bits per heavy atom. The number of allylic oxidation sites excluding steroid dienone is 2. The predicted octanol–water partition coefficient (Wildman–Crippen LogP) is 1.82. The molecule has 2 rings (SSSR count). The second-order valence-electron chi connectivity index (χ2n) is 8.72. The van der Waals surface area contributed by atoms with Crippen LogP contribution in [0.3, 0.4) is 0 Å². The predicted molar refractivity (Wildman–Crippen MR) is 121 cm³/mol. The Hall–Kier alpha value is -3.73. The van der Waals surface area contributed by atoms with Crippen molar-refractivity contribution in [1.82, 2.24) is 10.6 Å². The summed E-state index contributed by atoms with van der Waals surface area (Å²) >= 11 is 0. The lowest BCUT2D eigenvalue weighted by Gasteiger charge is -2.31. The molecule has 34 heavy (non-hydrogen) atoms. The largest absolute Gasteiger partial charge is 0.466 e. The van der Waals surface area contributed by atoms with E-state index in [9.17, 15) is 29.6 Å². The van der Waals surface area contributed by atoms with Gasteiger partial charge in [-0.15, -0.1) is 0 Å². The van der Waals surface area contributed by atoms with Gasteiger partial charge in [-0.3, -0.25) is 14.9 Å². The standard InChI is InChI=1S/C23H29N3O8/c1-12-17(20(28)25-16(11-27)21(29)34-23(3,4)5)19(18(13(2)24-12)22(30)33-6)14-8-7-9-15(10-14)26(31)32/h7-10,16,19,24,27H,11H2,1-6H3,(H,25,28). The third-order valence-corrected chi connectivity index (χ3v) is 5.00. The van der Waals surface area contributed by atoms with E-state index in [1.807, 2.05) is 0 Å². The fourth-order valence-electron chi connectivity index (χ4n) is 3.61. The summed E-state index contributed by atoms with van der Waals surface area (Å²) in [7, 11) is 1.18. The molecular formula is C23H29N3O8. The van der Waals surface area contributed by atoms with Crippen LogP contribution in [0.1, 0.15) is 46.1 Å². The number of nitrogens with one attached hydrogen (secondary N) is 2. The zero-order valence-corrected chi connectivity index (χ0v) is 19.9. The van der Waals surface area contributed by atoms with Crippen LogP contribution in [0, 0.1) is 10.1 Å². The van der Waals surface area contributed by atoms with Crippen LogP contribution in [-0.2, 0) is 23.9 Å². The van der Waals surface area contributed by atoms with Gasteiger partial charge in [0.1, 0.15) is 5.60 Å². The molecule has 1 aliphatic heterocycles. The van der Waals surface area contributed by atoms with Crippen LogP contribution in [0.2, 0.25) is 0 Å². The molecule has 2 unspecified atom stereocenters. The molecule has 1 heterocycles. The number of amides is 1. The second-order valence-corrected chi connectivity index (χ2v) is 8.72. The lowest BCUT2D eigenvalue weighted by Crippen LogP contribution is -2.48. The van der Waals surface area contributed by atoms with Gasteiger partial charge in [-0.25, -0.2) is 9.59 Å². The smallest absolute Gasteiger partial charge is 0.336 e. The summed E-state index contributed by atoms with van der Waals surface area (Å²) in [4.78, 5) is 49.3. The van der Waals surface area contributed by atoms with Gasteiger partial charge < -0.3 is 25.2 Å². The highest BCUT2D eigenvalue weighted by Crippen LogP contribution is 2.39. The van der Waals surface area contributed by atoms with Crippen LogP contribution < -0.4 is 10.6 Å². The molecule has 1 aromatic carbocycles. The van der Waals surface area contributed by atoms with E-state index in [0.29, 0.717) is 17.0 Å². The quantitative estimate of drug-likeness (QED) is 0.304. The molecule has 0 saturated heterocycles. The van der Waals surface area contributed by atoms with E-state index in [0.717, 1.165) is 0 Å². The molecule has 0 bridgehead atoms. The molecule has 0 aromatic heterocycles. The molecule has 184 valence electrons. The topological polar surface area (TPSA) is 157 Å². The minimum absolute atomic E-state index is 0.0357. The van der Waals surface area contributed by atoms with Crippen LogP contribution in [0.4, 0.5) is 5.69 Å². The first-order valence-electron chi connectivity index (χ1n) is 10.5. The summed E-state index contributed by atoms with van der Waals surface area (Å²) in [6.07, 6.45) is 0. The van der Waals surface area contributed by atoms with Gasteiger partial charge in [0, 0.05) is 29.1 Å². The summed E-state index contributed by atoms with van der Waals surface area (Å²) in [5.74, 6) is -3.37. The highest BCUT2D eigenvalue weighted by molar-refractivity contribution is 6.03. The summed E-state index contributed by atoms with van der Waals surface area (Å²) in [6, 6.07) is 4.19. The number of dihydropyridines is 1. The molecule has 11 nitrogen and oxygen atoms in total. The number of aliphatic hydroxyl groups is 1. The number of carbonyl (C=O) groups is 3. The van der Waals surface area contributed by atoms with E-state index < -0.39 is 46.9 Å². The zero-order valence-electron chi connectivity index (χ0n) is 19.9. The van der Waals surface area contributed by atoms with E-state index >= 15 is 0 Å². The number of hydrogen-bond acceptors (Lipinski definition) is 9. The lowest BCUT2D eigenvalue weighted by molar-refractivity contribution is -0.384. The van der Waals surface area contributed by atoms with E-state index in [4.69, 9.17) is 9.47 Å². The van der Waals surface area contributed by atoms with Crippen LogP contribution in [0.5, 0.6) is 0 Å². The number of nitro benzene ring substituents is 1. The molecule has 0 saturated carbocycles. The summed E-state index contributed by atoms with van der Waals surface area (Å²) in [5, 5.41) is 26.5. The zero-order chi connectivity index (χ0) is 25.8. The fraction of sp³-hybridized carbons (Fsp3) is 0.435. The van der Waals surface area contributed by atoms with Crippen molar-refractivity contribution < 1.29 is 33.9 Å². The van der Waals surface area contributed by atoms with Gasteiger partial charge in [0.2, 0.25) is 0 Å². The van der Waals surface area contributed by atoms with Crippen molar-refractivity contribution in [2.24, 2.45) is 0 Å².